The van der Waals surface area contributed by atoms with E-state index < -0.39 is 10.0 Å². The minimum absolute atomic E-state index is 0.0828. The topological polar surface area (TPSA) is 50.5 Å². The quantitative estimate of drug-likeness (QED) is 0.806. The van der Waals surface area contributed by atoms with Crippen LogP contribution in [0.5, 0.6) is 0 Å². The van der Waals surface area contributed by atoms with E-state index in [4.69, 9.17) is 4.42 Å². The maximum atomic E-state index is 12.8. The lowest BCUT2D eigenvalue weighted by Crippen LogP contribution is -2.32. The highest BCUT2D eigenvalue weighted by Gasteiger charge is 2.38. The van der Waals surface area contributed by atoms with Crippen LogP contribution in [0.15, 0.2) is 50.2 Å². The van der Waals surface area contributed by atoms with Crippen molar-refractivity contribution >= 4 is 26.0 Å². The molecule has 1 aliphatic rings. The number of aryl methyl sites for hydroxylation is 1. The maximum Gasteiger partial charge on any atom is 0.243 e. The van der Waals surface area contributed by atoms with Gasteiger partial charge in [0.15, 0.2) is 0 Å². The summed E-state index contributed by atoms with van der Waals surface area (Å²) in [5, 5.41) is 0. The number of halogens is 1. The van der Waals surface area contributed by atoms with E-state index in [2.05, 4.69) is 15.9 Å². The largest absolute Gasteiger partial charge is 0.465 e. The Hall–Kier alpha value is -1.11. The highest BCUT2D eigenvalue weighted by molar-refractivity contribution is 9.10. The van der Waals surface area contributed by atoms with Crippen molar-refractivity contribution in [3.8, 4) is 0 Å². The molecule has 0 amide bonds. The van der Waals surface area contributed by atoms with Gasteiger partial charge in [-0.2, -0.15) is 4.31 Å². The predicted molar refractivity (Wildman–Crippen MR) is 83.3 cm³/mol. The predicted octanol–water partition coefficient (Wildman–Crippen LogP) is 3.70. The number of benzene rings is 1. The van der Waals surface area contributed by atoms with Crippen LogP contribution in [-0.4, -0.2) is 18.8 Å². The molecule has 0 spiro atoms. The Morgan fingerprint density at radius 3 is 2.62 bits per heavy atom. The molecule has 0 saturated heterocycles. The summed E-state index contributed by atoms with van der Waals surface area (Å²) in [6, 6.07) is 10.6. The van der Waals surface area contributed by atoms with E-state index in [1.54, 1.807) is 22.5 Å². The van der Waals surface area contributed by atoms with Crippen molar-refractivity contribution in [2.75, 3.05) is 0 Å². The van der Waals surface area contributed by atoms with E-state index in [9.17, 15) is 8.42 Å². The van der Waals surface area contributed by atoms with Crippen LogP contribution in [0, 0.1) is 6.92 Å². The minimum atomic E-state index is -3.51. The Labute approximate surface area is 132 Å². The summed E-state index contributed by atoms with van der Waals surface area (Å²) < 4.78 is 33.5. The van der Waals surface area contributed by atoms with Gasteiger partial charge in [0.2, 0.25) is 10.0 Å². The minimum Gasteiger partial charge on any atom is -0.465 e. The summed E-state index contributed by atoms with van der Waals surface area (Å²) in [6.45, 7) is 2.14. The number of furan rings is 1. The van der Waals surface area contributed by atoms with Crippen molar-refractivity contribution in [2.45, 2.75) is 37.2 Å². The molecule has 3 rings (SSSR count). The molecule has 0 N–H and O–H groups in total. The highest BCUT2D eigenvalue weighted by atomic mass is 79.9. The van der Waals surface area contributed by atoms with E-state index in [0.717, 1.165) is 23.1 Å². The second-order valence-corrected chi connectivity index (χ2v) is 8.06. The van der Waals surface area contributed by atoms with Crippen LogP contribution in [0.3, 0.4) is 0 Å². The molecule has 0 unspecified atom stereocenters. The van der Waals surface area contributed by atoms with Gasteiger partial charge in [-0.05, 0) is 50.1 Å². The number of hydrogen-bond donors (Lipinski definition) is 0. The molecular formula is C15H16BrNO3S. The number of rotatable bonds is 5. The van der Waals surface area contributed by atoms with Crippen molar-refractivity contribution in [3.05, 3.63) is 52.4 Å². The normalized spacial score (nSPS) is 15.6. The lowest BCUT2D eigenvalue weighted by atomic mass is 10.4. The molecule has 0 radical (unpaired) electrons. The zero-order valence-corrected chi connectivity index (χ0v) is 14.0. The summed E-state index contributed by atoms with van der Waals surface area (Å²) in [5.74, 6) is 1.47. The number of sulfonamides is 1. The Balaban J connectivity index is 1.93. The van der Waals surface area contributed by atoms with Crippen LogP contribution < -0.4 is 0 Å². The standard InChI is InChI=1S/C15H16BrNO3S/c1-11-5-8-14(20-11)10-17(13-6-7-13)21(18,19)15-4-2-3-12(16)9-15/h2-5,8-9,13H,6-7,10H2,1H3. The van der Waals surface area contributed by atoms with Crippen molar-refractivity contribution < 1.29 is 12.8 Å². The summed E-state index contributed by atoms with van der Waals surface area (Å²) in [6.07, 6.45) is 1.82. The van der Waals surface area contributed by atoms with Crippen LogP contribution in [0.1, 0.15) is 24.4 Å². The molecule has 112 valence electrons. The van der Waals surface area contributed by atoms with Gasteiger partial charge in [-0.1, -0.05) is 22.0 Å². The summed E-state index contributed by atoms with van der Waals surface area (Å²) in [4.78, 5) is 0.312. The monoisotopic (exact) mass is 369 g/mol. The molecule has 6 heteroatoms. The summed E-state index contributed by atoms with van der Waals surface area (Å²) >= 11 is 3.33. The first-order valence-corrected chi connectivity index (χ1v) is 9.03. The van der Waals surface area contributed by atoms with Gasteiger partial charge in [-0.3, -0.25) is 0 Å². The van der Waals surface area contributed by atoms with Crippen molar-refractivity contribution in [1.82, 2.24) is 4.31 Å². The van der Waals surface area contributed by atoms with Crippen LogP contribution >= 0.6 is 15.9 Å². The SMILES string of the molecule is Cc1ccc(CN(C2CC2)S(=O)(=O)c2cccc(Br)c2)o1. The van der Waals surface area contributed by atoms with E-state index in [1.165, 1.54) is 0 Å². The Kier molecular flexibility index (Phi) is 3.94. The van der Waals surface area contributed by atoms with Gasteiger partial charge in [-0.15, -0.1) is 0 Å². The molecule has 0 aliphatic heterocycles. The molecule has 2 aromatic rings. The molecular weight excluding hydrogens is 354 g/mol. The van der Waals surface area contributed by atoms with Gasteiger partial charge in [0, 0.05) is 10.5 Å². The van der Waals surface area contributed by atoms with Crippen LogP contribution in [-0.2, 0) is 16.6 Å². The van der Waals surface area contributed by atoms with E-state index in [-0.39, 0.29) is 12.6 Å². The highest BCUT2D eigenvalue weighted by Crippen LogP contribution is 2.34. The molecule has 1 saturated carbocycles. The van der Waals surface area contributed by atoms with Gasteiger partial charge < -0.3 is 4.42 Å². The smallest absolute Gasteiger partial charge is 0.243 e. The van der Waals surface area contributed by atoms with Gasteiger partial charge in [0.05, 0.1) is 11.4 Å². The zero-order valence-electron chi connectivity index (χ0n) is 11.6. The Morgan fingerprint density at radius 2 is 2.05 bits per heavy atom. The average Bonchev–Trinajstić information content (AvgIpc) is 3.19. The van der Waals surface area contributed by atoms with Gasteiger partial charge in [-0.25, -0.2) is 8.42 Å². The first-order valence-electron chi connectivity index (χ1n) is 6.79. The average molecular weight is 370 g/mol. The lowest BCUT2D eigenvalue weighted by molar-refractivity contribution is 0.351. The van der Waals surface area contributed by atoms with Gasteiger partial charge >= 0.3 is 0 Å². The zero-order chi connectivity index (χ0) is 15.0. The maximum absolute atomic E-state index is 12.8. The van der Waals surface area contributed by atoms with Crippen LogP contribution in [0.2, 0.25) is 0 Å². The Bertz CT molecular complexity index is 750. The summed E-state index contributed by atoms with van der Waals surface area (Å²) in [7, 11) is -3.51. The van der Waals surface area contributed by atoms with Crippen molar-refractivity contribution in [1.29, 1.82) is 0 Å². The van der Waals surface area contributed by atoms with Gasteiger partial charge in [0.1, 0.15) is 11.5 Å². The molecule has 21 heavy (non-hydrogen) atoms. The number of hydrogen-bond acceptors (Lipinski definition) is 3. The second-order valence-electron chi connectivity index (χ2n) is 5.25. The second kappa shape index (κ2) is 5.59. The van der Waals surface area contributed by atoms with E-state index in [0.29, 0.717) is 10.7 Å². The van der Waals surface area contributed by atoms with E-state index >= 15 is 0 Å². The summed E-state index contributed by atoms with van der Waals surface area (Å²) in [5.41, 5.74) is 0. The molecule has 1 aromatic carbocycles. The molecule has 0 atom stereocenters. The third-order valence-corrected chi connectivity index (χ3v) is 5.85. The van der Waals surface area contributed by atoms with Crippen molar-refractivity contribution in [2.24, 2.45) is 0 Å². The van der Waals surface area contributed by atoms with E-state index in [1.807, 2.05) is 25.1 Å². The molecule has 1 aliphatic carbocycles. The third-order valence-electron chi connectivity index (χ3n) is 3.46. The molecule has 1 fully saturated rings. The molecule has 4 nitrogen and oxygen atoms in total. The number of nitrogens with zero attached hydrogens (tertiary/aromatic N) is 1. The van der Waals surface area contributed by atoms with Crippen molar-refractivity contribution in [3.63, 3.8) is 0 Å². The Morgan fingerprint density at radius 1 is 1.29 bits per heavy atom. The molecule has 1 aromatic heterocycles. The fourth-order valence-corrected chi connectivity index (χ4v) is 4.51. The first kappa shape index (κ1) is 14.8. The molecule has 0 bridgehead atoms. The van der Waals surface area contributed by atoms with Gasteiger partial charge in [0.25, 0.3) is 0 Å². The third kappa shape index (κ3) is 3.22. The first-order chi connectivity index (χ1) is 9.96. The van der Waals surface area contributed by atoms with Crippen LogP contribution in [0.4, 0.5) is 0 Å². The lowest BCUT2D eigenvalue weighted by Gasteiger charge is -2.21. The van der Waals surface area contributed by atoms with Crippen LogP contribution in [0.25, 0.3) is 0 Å². The molecule has 1 heterocycles. The fraction of sp³-hybridized carbons (Fsp3) is 0.333. The fourth-order valence-electron chi connectivity index (χ4n) is 2.26.